The molecule has 1 aliphatic carbocycles. The summed E-state index contributed by atoms with van der Waals surface area (Å²) in [4.78, 5) is 0. The number of nitrogens with zero attached hydrogens (tertiary/aromatic N) is 2. The summed E-state index contributed by atoms with van der Waals surface area (Å²) in [5.74, 6) is 0.814. The summed E-state index contributed by atoms with van der Waals surface area (Å²) in [6.07, 6.45) is 10.5. The van der Waals surface area contributed by atoms with Gasteiger partial charge in [0.25, 0.3) is 0 Å². The van der Waals surface area contributed by atoms with Crippen LogP contribution in [0.5, 0.6) is 0 Å². The minimum Gasteiger partial charge on any atom is -0.269 e. The summed E-state index contributed by atoms with van der Waals surface area (Å²) < 4.78 is 2.13. The molecule has 1 fully saturated rings. The molecule has 0 N–H and O–H groups in total. The minimum atomic E-state index is 0.408. The number of aromatic nitrogens is 2. The molecule has 1 unspecified atom stereocenters. The van der Waals surface area contributed by atoms with Gasteiger partial charge in [-0.15, -0.1) is 11.6 Å². The van der Waals surface area contributed by atoms with E-state index in [1.54, 1.807) is 0 Å². The molecule has 2 rings (SSSR count). The first-order valence-electron chi connectivity index (χ1n) is 7.42. The second kappa shape index (κ2) is 6.60. The van der Waals surface area contributed by atoms with Gasteiger partial charge in [0.1, 0.15) is 0 Å². The lowest BCUT2D eigenvalue weighted by Gasteiger charge is -2.12. The predicted octanol–water partition coefficient (Wildman–Crippen LogP) is 4.58. The number of rotatable bonds is 8. The van der Waals surface area contributed by atoms with Crippen LogP contribution in [0.15, 0.2) is 12.3 Å². The third kappa shape index (κ3) is 3.74. The van der Waals surface area contributed by atoms with E-state index in [9.17, 15) is 0 Å². The molecule has 0 saturated heterocycles. The summed E-state index contributed by atoms with van der Waals surface area (Å²) in [5, 5.41) is 5.09. The van der Waals surface area contributed by atoms with E-state index in [1.807, 2.05) is 0 Å². The molecular weight excluding hydrogens is 244 g/mol. The summed E-state index contributed by atoms with van der Waals surface area (Å²) in [6.45, 7) is 4.45. The maximum atomic E-state index is 6.32. The molecule has 0 aliphatic heterocycles. The maximum absolute atomic E-state index is 6.32. The third-order valence-corrected chi connectivity index (χ3v) is 4.60. The number of alkyl halides is 1. The Morgan fingerprint density at radius 1 is 1.39 bits per heavy atom. The zero-order valence-corrected chi connectivity index (χ0v) is 12.4. The van der Waals surface area contributed by atoms with Gasteiger partial charge < -0.3 is 0 Å². The van der Waals surface area contributed by atoms with Crippen LogP contribution in [-0.2, 0) is 6.42 Å². The number of hydrogen-bond donors (Lipinski definition) is 0. The van der Waals surface area contributed by atoms with Crippen molar-refractivity contribution in [2.75, 3.05) is 0 Å². The standard InChI is InChI=1S/C15H25ClN2/c1-3-14(4-2)18-11-10-13(17-18)6-5-7-15(16)12-8-9-12/h10-12,14-15H,3-9H2,1-2H3. The molecule has 102 valence electrons. The van der Waals surface area contributed by atoms with Crippen LogP contribution in [-0.4, -0.2) is 15.2 Å². The average Bonchev–Trinajstić information content (AvgIpc) is 3.13. The van der Waals surface area contributed by atoms with Crippen molar-refractivity contribution in [2.45, 2.75) is 70.2 Å². The second-order valence-electron chi connectivity index (χ2n) is 5.50. The first-order chi connectivity index (χ1) is 8.74. The van der Waals surface area contributed by atoms with Gasteiger partial charge in [-0.2, -0.15) is 5.10 Å². The van der Waals surface area contributed by atoms with Crippen LogP contribution in [0.1, 0.15) is 64.1 Å². The number of halogens is 1. The normalized spacial score (nSPS) is 17.3. The molecule has 1 saturated carbocycles. The summed E-state index contributed by atoms with van der Waals surface area (Å²) in [5.41, 5.74) is 1.22. The summed E-state index contributed by atoms with van der Waals surface area (Å²) in [6, 6.07) is 2.73. The molecule has 18 heavy (non-hydrogen) atoms. The van der Waals surface area contributed by atoms with E-state index in [0.29, 0.717) is 11.4 Å². The van der Waals surface area contributed by atoms with Crippen molar-refractivity contribution in [1.29, 1.82) is 0 Å². The molecular formula is C15H25ClN2. The van der Waals surface area contributed by atoms with Gasteiger partial charge in [-0.1, -0.05) is 13.8 Å². The van der Waals surface area contributed by atoms with E-state index in [2.05, 4.69) is 35.9 Å². The molecule has 0 spiro atoms. The highest BCUT2D eigenvalue weighted by Crippen LogP contribution is 2.37. The van der Waals surface area contributed by atoms with Gasteiger partial charge in [-0.05, 0) is 56.9 Å². The quantitative estimate of drug-likeness (QED) is 0.631. The Hall–Kier alpha value is -0.500. The molecule has 1 heterocycles. The largest absolute Gasteiger partial charge is 0.269 e. The molecule has 1 aliphatic rings. The fourth-order valence-corrected chi connectivity index (χ4v) is 2.95. The Balaban J connectivity index is 1.75. The minimum absolute atomic E-state index is 0.408. The zero-order valence-electron chi connectivity index (χ0n) is 11.6. The lowest BCUT2D eigenvalue weighted by Crippen LogP contribution is -2.08. The van der Waals surface area contributed by atoms with Gasteiger partial charge in [-0.3, -0.25) is 4.68 Å². The lowest BCUT2D eigenvalue weighted by atomic mass is 10.1. The monoisotopic (exact) mass is 268 g/mol. The first kappa shape index (κ1) is 13.9. The second-order valence-corrected chi connectivity index (χ2v) is 6.06. The van der Waals surface area contributed by atoms with Gasteiger partial charge >= 0.3 is 0 Å². The van der Waals surface area contributed by atoms with Crippen LogP contribution >= 0.6 is 11.6 Å². The van der Waals surface area contributed by atoms with Crippen LogP contribution in [0.3, 0.4) is 0 Å². The maximum Gasteiger partial charge on any atom is 0.0624 e. The van der Waals surface area contributed by atoms with E-state index in [4.69, 9.17) is 11.6 Å². The summed E-state index contributed by atoms with van der Waals surface area (Å²) in [7, 11) is 0. The highest BCUT2D eigenvalue weighted by Gasteiger charge is 2.28. The smallest absolute Gasteiger partial charge is 0.0624 e. The number of aryl methyl sites for hydroxylation is 1. The number of hydrogen-bond acceptors (Lipinski definition) is 1. The van der Waals surface area contributed by atoms with Crippen molar-refractivity contribution < 1.29 is 0 Å². The van der Waals surface area contributed by atoms with Crippen molar-refractivity contribution in [2.24, 2.45) is 5.92 Å². The highest BCUT2D eigenvalue weighted by molar-refractivity contribution is 6.20. The van der Waals surface area contributed by atoms with Crippen molar-refractivity contribution in [3.63, 3.8) is 0 Å². The van der Waals surface area contributed by atoms with Crippen molar-refractivity contribution in [3.05, 3.63) is 18.0 Å². The fraction of sp³-hybridized carbons (Fsp3) is 0.800. The molecule has 1 atom stereocenters. The van der Waals surface area contributed by atoms with E-state index in [0.717, 1.165) is 31.6 Å². The zero-order chi connectivity index (χ0) is 13.0. The molecule has 0 aromatic carbocycles. The van der Waals surface area contributed by atoms with Crippen LogP contribution < -0.4 is 0 Å². The van der Waals surface area contributed by atoms with Crippen LogP contribution in [0, 0.1) is 5.92 Å². The van der Waals surface area contributed by atoms with Crippen LogP contribution in [0.25, 0.3) is 0 Å². The molecule has 0 radical (unpaired) electrons. The molecule has 0 amide bonds. The molecule has 1 aromatic rings. The van der Waals surface area contributed by atoms with Gasteiger partial charge in [-0.25, -0.2) is 0 Å². The van der Waals surface area contributed by atoms with Gasteiger partial charge in [0.15, 0.2) is 0 Å². The Bertz CT molecular complexity index is 353. The molecule has 2 nitrogen and oxygen atoms in total. The third-order valence-electron chi connectivity index (χ3n) is 4.03. The Morgan fingerprint density at radius 3 is 2.72 bits per heavy atom. The van der Waals surface area contributed by atoms with E-state index in [-0.39, 0.29) is 0 Å². The molecule has 3 heteroatoms. The Kier molecular flexibility index (Phi) is 5.11. The highest BCUT2D eigenvalue weighted by atomic mass is 35.5. The van der Waals surface area contributed by atoms with Gasteiger partial charge in [0, 0.05) is 11.6 Å². The van der Waals surface area contributed by atoms with Crippen molar-refractivity contribution in [1.82, 2.24) is 9.78 Å². The predicted molar refractivity (Wildman–Crippen MR) is 77.1 cm³/mol. The van der Waals surface area contributed by atoms with E-state index in [1.165, 1.54) is 25.0 Å². The average molecular weight is 269 g/mol. The first-order valence-corrected chi connectivity index (χ1v) is 7.86. The van der Waals surface area contributed by atoms with Gasteiger partial charge in [0.2, 0.25) is 0 Å². The van der Waals surface area contributed by atoms with Crippen molar-refractivity contribution in [3.8, 4) is 0 Å². The van der Waals surface area contributed by atoms with Crippen LogP contribution in [0.2, 0.25) is 0 Å². The fourth-order valence-electron chi connectivity index (χ4n) is 2.55. The van der Waals surface area contributed by atoms with Gasteiger partial charge in [0.05, 0.1) is 11.7 Å². The lowest BCUT2D eigenvalue weighted by molar-refractivity contribution is 0.425. The summed E-state index contributed by atoms with van der Waals surface area (Å²) >= 11 is 6.32. The van der Waals surface area contributed by atoms with E-state index >= 15 is 0 Å². The molecule has 0 bridgehead atoms. The van der Waals surface area contributed by atoms with Crippen molar-refractivity contribution >= 4 is 11.6 Å². The topological polar surface area (TPSA) is 17.8 Å². The molecule has 1 aromatic heterocycles. The van der Waals surface area contributed by atoms with Crippen LogP contribution in [0.4, 0.5) is 0 Å². The Labute approximate surface area is 116 Å². The van der Waals surface area contributed by atoms with E-state index < -0.39 is 0 Å². The Morgan fingerprint density at radius 2 is 2.11 bits per heavy atom. The SMILES string of the molecule is CCC(CC)n1ccc(CCCC(Cl)C2CC2)n1.